The van der Waals surface area contributed by atoms with Crippen molar-refractivity contribution in [2.24, 2.45) is 0 Å². The second-order valence-corrected chi connectivity index (χ2v) is 4.39. The number of nitrogens with one attached hydrogen (secondary N) is 2. The molecule has 7 heteroatoms. The number of amides is 1. The van der Waals surface area contributed by atoms with Crippen LogP contribution in [0.15, 0.2) is 36.0 Å². The molecule has 1 rings (SSSR count). The van der Waals surface area contributed by atoms with E-state index in [1.54, 1.807) is 18.2 Å². The maximum Gasteiger partial charge on any atom is 0.267 e. The van der Waals surface area contributed by atoms with Gasteiger partial charge in [0.1, 0.15) is 17.4 Å². The van der Waals surface area contributed by atoms with Gasteiger partial charge in [-0.15, -0.1) is 0 Å². The first-order valence-corrected chi connectivity index (χ1v) is 7.28. The van der Waals surface area contributed by atoms with Gasteiger partial charge in [0.05, 0.1) is 12.2 Å². The zero-order chi connectivity index (χ0) is 17.1. The number of carbonyl (C=O) groups excluding carboxylic acids is 1. The number of hydrogen-bond acceptors (Lipinski definition) is 6. The average molecular weight is 319 g/mol. The van der Waals surface area contributed by atoms with Crippen molar-refractivity contribution >= 4 is 11.6 Å². The number of phenolic OH excluding ortho intramolecular Hbond substituents is 1. The fourth-order valence-electron chi connectivity index (χ4n) is 1.71. The first-order chi connectivity index (χ1) is 11.1. The number of nitriles is 1. The number of aromatic hydroxyl groups is 1. The Kier molecular flexibility index (Phi) is 8.21. The molecular weight excluding hydrogens is 298 g/mol. The lowest BCUT2D eigenvalue weighted by Gasteiger charge is -2.16. The average Bonchev–Trinajstić information content (AvgIpc) is 2.54. The number of ether oxygens (including phenoxy) is 2. The van der Waals surface area contributed by atoms with Crippen LogP contribution in [-0.2, 0) is 14.3 Å². The maximum atomic E-state index is 12.0. The van der Waals surface area contributed by atoms with Crippen molar-refractivity contribution in [1.82, 2.24) is 5.32 Å². The number of nitrogens with zero attached hydrogens (tertiary/aromatic N) is 1. The van der Waals surface area contributed by atoms with Gasteiger partial charge in [-0.3, -0.25) is 4.79 Å². The van der Waals surface area contributed by atoms with Crippen molar-refractivity contribution in [3.05, 3.63) is 36.0 Å². The first kappa shape index (κ1) is 18.5. The van der Waals surface area contributed by atoms with E-state index in [1.807, 2.05) is 13.8 Å². The largest absolute Gasteiger partial charge is 0.506 e. The lowest BCUT2D eigenvalue weighted by molar-refractivity contribution is -0.131. The van der Waals surface area contributed by atoms with Gasteiger partial charge in [0, 0.05) is 19.4 Å². The van der Waals surface area contributed by atoms with E-state index < -0.39 is 12.2 Å². The Bertz CT molecular complexity index is 575. The molecule has 23 heavy (non-hydrogen) atoms. The van der Waals surface area contributed by atoms with E-state index in [-0.39, 0.29) is 17.0 Å². The van der Waals surface area contributed by atoms with Crippen LogP contribution in [0.3, 0.4) is 0 Å². The summed E-state index contributed by atoms with van der Waals surface area (Å²) in [6, 6.07) is 8.08. The molecule has 0 saturated heterocycles. The molecule has 1 aromatic rings. The molecule has 0 aliphatic carbocycles. The molecule has 7 nitrogen and oxygen atoms in total. The minimum Gasteiger partial charge on any atom is -0.506 e. The van der Waals surface area contributed by atoms with E-state index in [0.717, 1.165) is 0 Å². The Hall–Kier alpha value is -2.56. The molecule has 1 aromatic carbocycles. The molecule has 124 valence electrons. The monoisotopic (exact) mass is 319 g/mol. The highest BCUT2D eigenvalue weighted by Gasteiger charge is 2.12. The molecular formula is C16H21N3O4. The highest BCUT2D eigenvalue weighted by Crippen LogP contribution is 2.21. The predicted octanol–water partition coefficient (Wildman–Crippen LogP) is 1.73. The van der Waals surface area contributed by atoms with Crippen LogP contribution >= 0.6 is 0 Å². The second kappa shape index (κ2) is 10.2. The molecule has 0 aliphatic rings. The third kappa shape index (κ3) is 6.38. The predicted molar refractivity (Wildman–Crippen MR) is 85.5 cm³/mol. The van der Waals surface area contributed by atoms with Gasteiger partial charge in [0.2, 0.25) is 0 Å². The molecule has 3 N–H and O–H groups in total. The van der Waals surface area contributed by atoms with Crippen LogP contribution in [0.25, 0.3) is 0 Å². The van der Waals surface area contributed by atoms with Gasteiger partial charge in [-0.05, 0) is 26.0 Å². The van der Waals surface area contributed by atoms with E-state index in [9.17, 15) is 9.90 Å². The molecule has 0 aliphatic heterocycles. The van der Waals surface area contributed by atoms with Crippen LogP contribution in [0.1, 0.15) is 13.8 Å². The first-order valence-electron chi connectivity index (χ1n) is 7.28. The van der Waals surface area contributed by atoms with Crippen molar-refractivity contribution in [1.29, 1.82) is 5.26 Å². The summed E-state index contributed by atoms with van der Waals surface area (Å²) in [5.74, 6) is -0.690. The van der Waals surface area contributed by atoms with Gasteiger partial charge in [0.15, 0.2) is 6.29 Å². The molecule has 0 fully saturated rings. The molecule has 0 atom stereocenters. The number of rotatable bonds is 9. The quantitative estimate of drug-likeness (QED) is 0.277. The fourth-order valence-corrected chi connectivity index (χ4v) is 1.71. The molecule has 0 bridgehead atoms. The highest BCUT2D eigenvalue weighted by molar-refractivity contribution is 6.07. The number of carbonyl (C=O) groups is 1. The van der Waals surface area contributed by atoms with Crippen molar-refractivity contribution in [3.63, 3.8) is 0 Å². The Labute approximate surface area is 135 Å². The summed E-state index contributed by atoms with van der Waals surface area (Å²) in [6.45, 7) is 4.99. The smallest absolute Gasteiger partial charge is 0.267 e. The second-order valence-electron chi connectivity index (χ2n) is 4.39. The summed E-state index contributed by atoms with van der Waals surface area (Å²) in [6.07, 6.45) is 0.836. The van der Waals surface area contributed by atoms with E-state index in [0.29, 0.717) is 19.8 Å². The summed E-state index contributed by atoms with van der Waals surface area (Å²) in [7, 11) is 0. The summed E-state index contributed by atoms with van der Waals surface area (Å²) in [4.78, 5) is 12.0. The molecule has 0 radical (unpaired) electrons. The van der Waals surface area contributed by atoms with Crippen LogP contribution in [0.4, 0.5) is 5.69 Å². The number of phenols is 1. The van der Waals surface area contributed by atoms with Gasteiger partial charge < -0.3 is 25.2 Å². The molecule has 0 spiro atoms. The summed E-state index contributed by atoms with van der Waals surface area (Å²) in [5, 5.41) is 24.0. The van der Waals surface area contributed by atoms with E-state index in [2.05, 4.69) is 10.6 Å². The number of para-hydroxylation sites is 2. The van der Waals surface area contributed by atoms with Crippen molar-refractivity contribution in [2.75, 3.05) is 25.1 Å². The third-order valence-electron chi connectivity index (χ3n) is 2.75. The standard InChI is InChI=1S/C16H21N3O4/c1-3-22-15(23-4-2)11-18-10-12(9-17)16(21)19-13-7-5-6-8-14(13)20/h5-8,10,15,18,20H,3-4,11H2,1-2H3,(H,19,21)/b12-10-. The van der Waals surface area contributed by atoms with Crippen LogP contribution in [0, 0.1) is 11.3 Å². The lowest BCUT2D eigenvalue weighted by Crippen LogP contribution is -2.29. The van der Waals surface area contributed by atoms with Crippen LogP contribution < -0.4 is 10.6 Å². The summed E-state index contributed by atoms with van der Waals surface area (Å²) < 4.78 is 10.7. The van der Waals surface area contributed by atoms with Crippen LogP contribution in [0.5, 0.6) is 5.75 Å². The molecule has 0 aromatic heterocycles. The number of anilines is 1. The van der Waals surface area contributed by atoms with E-state index >= 15 is 0 Å². The minimum absolute atomic E-state index is 0.0705. The Morgan fingerprint density at radius 2 is 2.00 bits per heavy atom. The van der Waals surface area contributed by atoms with Gasteiger partial charge in [-0.25, -0.2) is 0 Å². The van der Waals surface area contributed by atoms with Gasteiger partial charge in [-0.1, -0.05) is 12.1 Å². The van der Waals surface area contributed by atoms with Gasteiger partial charge >= 0.3 is 0 Å². The normalized spacial score (nSPS) is 11.1. The third-order valence-corrected chi connectivity index (χ3v) is 2.75. The molecule has 0 saturated carbocycles. The molecule has 0 heterocycles. The van der Waals surface area contributed by atoms with E-state index in [4.69, 9.17) is 14.7 Å². The Morgan fingerprint density at radius 1 is 1.35 bits per heavy atom. The maximum absolute atomic E-state index is 12.0. The minimum atomic E-state index is -0.620. The van der Waals surface area contributed by atoms with Gasteiger partial charge in [0.25, 0.3) is 5.91 Å². The highest BCUT2D eigenvalue weighted by atomic mass is 16.7. The number of hydrogen-bond donors (Lipinski definition) is 3. The number of benzene rings is 1. The summed E-state index contributed by atoms with van der Waals surface area (Å²) in [5.41, 5.74) is 0.111. The van der Waals surface area contributed by atoms with Crippen molar-refractivity contribution in [2.45, 2.75) is 20.1 Å². The molecule has 1 amide bonds. The van der Waals surface area contributed by atoms with Crippen molar-refractivity contribution < 1.29 is 19.4 Å². The fraction of sp³-hybridized carbons (Fsp3) is 0.375. The van der Waals surface area contributed by atoms with Crippen LogP contribution in [-0.4, -0.2) is 37.1 Å². The topological polar surface area (TPSA) is 104 Å². The molecule has 0 unspecified atom stereocenters. The zero-order valence-corrected chi connectivity index (χ0v) is 13.2. The van der Waals surface area contributed by atoms with Crippen LogP contribution in [0.2, 0.25) is 0 Å². The SMILES string of the molecule is CCOC(CN/C=C(/C#N)C(=O)Nc1ccccc1O)OCC. The zero-order valence-electron chi connectivity index (χ0n) is 13.2. The van der Waals surface area contributed by atoms with Crippen molar-refractivity contribution in [3.8, 4) is 11.8 Å². The Morgan fingerprint density at radius 3 is 2.57 bits per heavy atom. The summed E-state index contributed by atoms with van der Waals surface area (Å²) >= 11 is 0. The van der Waals surface area contributed by atoms with E-state index in [1.165, 1.54) is 18.3 Å². The lowest BCUT2D eigenvalue weighted by atomic mass is 10.2. The Balaban J connectivity index is 2.62. The van der Waals surface area contributed by atoms with Gasteiger partial charge in [-0.2, -0.15) is 5.26 Å².